The quantitative estimate of drug-likeness (QED) is 0.876. The fourth-order valence-electron chi connectivity index (χ4n) is 2.73. The molecular weight excluding hydrogens is 250 g/mol. The van der Waals surface area contributed by atoms with E-state index in [-0.39, 0.29) is 0 Å². The normalized spacial score (nSPS) is 15.1. The van der Waals surface area contributed by atoms with Crippen molar-refractivity contribution < 1.29 is 4.74 Å². The Hall–Kier alpha value is -1.97. The summed E-state index contributed by atoms with van der Waals surface area (Å²) in [6.45, 7) is 2.67. The van der Waals surface area contributed by atoms with E-state index in [9.17, 15) is 0 Å². The Kier molecular flexibility index (Phi) is 3.63. The molecule has 1 aliphatic carbocycles. The molecule has 1 aliphatic rings. The standard InChI is InChI=1S/C16H21N3O/c1-2-20-13-8-6-12(7-9-13)15-14(18-19-16(15)17)10-11-4-3-5-11/h6-9,11H,2-5,10H2,1H3,(H3,17,18,19). The van der Waals surface area contributed by atoms with Gasteiger partial charge in [-0.1, -0.05) is 31.4 Å². The Morgan fingerprint density at radius 1 is 1.30 bits per heavy atom. The molecule has 0 bridgehead atoms. The van der Waals surface area contributed by atoms with E-state index >= 15 is 0 Å². The number of nitrogens with one attached hydrogen (secondary N) is 1. The van der Waals surface area contributed by atoms with Crippen LogP contribution in [0.3, 0.4) is 0 Å². The highest BCUT2D eigenvalue weighted by Gasteiger charge is 2.22. The van der Waals surface area contributed by atoms with E-state index in [1.807, 2.05) is 19.1 Å². The van der Waals surface area contributed by atoms with Gasteiger partial charge in [0, 0.05) is 11.3 Å². The second-order valence-electron chi connectivity index (χ2n) is 5.42. The number of rotatable bonds is 5. The molecule has 0 radical (unpaired) electrons. The molecule has 106 valence electrons. The summed E-state index contributed by atoms with van der Waals surface area (Å²) in [4.78, 5) is 0. The molecule has 20 heavy (non-hydrogen) atoms. The van der Waals surface area contributed by atoms with Crippen LogP contribution in [0.2, 0.25) is 0 Å². The van der Waals surface area contributed by atoms with Gasteiger partial charge in [-0.3, -0.25) is 5.10 Å². The van der Waals surface area contributed by atoms with Gasteiger partial charge in [-0.05, 0) is 37.0 Å². The van der Waals surface area contributed by atoms with Crippen molar-refractivity contribution in [3.63, 3.8) is 0 Å². The van der Waals surface area contributed by atoms with Gasteiger partial charge in [-0.2, -0.15) is 5.10 Å². The van der Waals surface area contributed by atoms with Gasteiger partial charge >= 0.3 is 0 Å². The zero-order valence-electron chi connectivity index (χ0n) is 11.9. The molecule has 3 N–H and O–H groups in total. The second-order valence-corrected chi connectivity index (χ2v) is 5.42. The van der Waals surface area contributed by atoms with Crippen molar-refractivity contribution in [3.05, 3.63) is 30.0 Å². The van der Waals surface area contributed by atoms with Gasteiger partial charge in [0.25, 0.3) is 0 Å². The molecule has 1 aromatic carbocycles. The van der Waals surface area contributed by atoms with Crippen LogP contribution < -0.4 is 10.5 Å². The minimum atomic E-state index is 0.587. The summed E-state index contributed by atoms with van der Waals surface area (Å²) >= 11 is 0. The van der Waals surface area contributed by atoms with E-state index in [0.717, 1.165) is 34.9 Å². The summed E-state index contributed by atoms with van der Waals surface area (Å²) in [5, 5.41) is 7.29. The summed E-state index contributed by atoms with van der Waals surface area (Å²) in [7, 11) is 0. The van der Waals surface area contributed by atoms with Crippen molar-refractivity contribution in [3.8, 4) is 16.9 Å². The molecule has 0 saturated heterocycles. The van der Waals surface area contributed by atoms with Crippen molar-refractivity contribution in [2.45, 2.75) is 32.6 Å². The van der Waals surface area contributed by atoms with E-state index in [2.05, 4.69) is 22.3 Å². The lowest BCUT2D eigenvalue weighted by molar-refractivity contribution is 0.312. The maximum Gasteiger partial charge on any atom is 0.153 e. The summed E-state index contributed by atoms with van der Waals surface area (Å²) in [5.74, 6) is 2.26. The first-order valence-electron chi connectivity index (χ1n) is 7.34. The first-order valence-corrected chi connectivity index (χ1v) is 7.34. The van der Waals surface area contributed by atoms with Crippen LogP contribution in [0.4, 0.5) is 5.82 Å². The van der Waals surface area contributed by atoms with Gasteiger partial charge in [0.05, 0.1) is 6.61 Å². The highest BCUT2D eigenvalue weighted by atomic mass is 16.5. The van der Waals surface area contributed by atoms with Crippen LogP contribution in [0, 0.1) is 5.92 Å². The number of benzene rings is 1. The van der Waals surface area contributed by atoms with Gasteiger partial charge < -0.3 is 10.5 Å². The van der Waals surface area contributed by atoms with Crippen LogP contribution in [0.1, 0.15) is 31.9 Å². The SMILES string of the molecule is CCOc1ccc(-c2c(N)n[nH]c2CC2CCC2)cc1. The highest BCUT2D eigenvalue weighted by Crippen LogP contribution is 2.35. The molecule has 0 atom stereocenters. The van der Waals surface area contributed by atoms with Crippen LogP contribution in [0.25, 0.3) is 11.1 Å². The van der Waals surface area contributed by atoms with Gasteiger partial charge in [0.15, 0.2) is 5.82 Å². The molecule has 0 spiro atoms. The van der Waals surface area contributed by atoms with Crippen molar-refractivity contribution in [1.29, 1.82) is 0 Å². The predicted octanol–water partition coefficient (Wildman–Crippen LogP) is 3.40. The van der Waals surface area contributed by atoms with E-state index < -0.39 is 0 Å². The molecule has 1 saturated carbocycles. The van der Waals surface area contributed by atoms with Crippen molar-refractivity contribution in [2.75, 3.05) is 12.3 Å². The Morgan fingerprint density at radius 2 is 2.05 bits per heavy atom. The zero-order chi connectivity index (χ0) is 13.9. The van der Waals surface area contributed by atoms with Crippen molar-refractivity contribution in [2.24, 2.45) is 5.92 Å². The summed E-state index contributed by atoms with van der Waals surface area (Å²) in [6.07, 6.45) is 5.04. The molecule has 1 fully saturated rings. The van der Waals surface area contributed by atoms with E-state index in [1.54, 1.807) is 0 Å². The molecule has 1 aromatic heterocycles. The Morgan fingerprint density at radius 3 is 2.65 bits per heavy atom. The van der Waals surface area contributed by atoms with Crippen molar-refractivity contribution >= 4 is 5.82 Å². The number of hydrogen-bond acceptors (Lipinski definition) is 3. The summed E-state index contributed by atoms with van der Waals surface area (Å²) in [6, 6.07) is 8.07. The fraction of sp³-hybridized carbons (Fsp3) is 0.438. The molecule has 3 rings (SSSR count). The van der Waals surface area contributed by atoms with Crippen LogP contribution in [-0.2, 0) is 6.42 Å². The largest absolute Gasteiger partial charge is 0.494 e. The third-order valence-electron chi connectivity index (χ3n) is 4.04. The average molecular weight is 271 g/mol. The van der Waals surface area contributed by atoms with Gasteiger partial charge in [0.2, 0.25) is 0 Å². The first-order chi connectivity index (χ1) is 9.78. The van der Waals surface area contributed by atoms with E-state index in [0.29, 0.717) is 12.4 Å². The number of nitrogens with zero attached hydrogens (tertiary/aromatic N) is 1. The molecular formula is C16H21N3O. The number of aromatic amines is 1. The molecule has 4 heteroatoms. The Bertz CT molecular complexity index is 570. The highest BCUT2D eigenvalue weighted by molar-refractivity contribution is 5.76. The van der Waals surface area contributed by atoms with Crippen LogP contribution in [0.5, 0.6) is 5.75 Å². The maximum absolute atomic E-state index is 6.03. The summed E-state index contributed by atoms with van der Waals surface area (Å²) < 4.78 is 5.48. The fourth-order valence-corrected chi connectivity index (χ4v) is 2.73. The average Bonchev–Trinajstić information content (AvgIpc) is 2.77. The number of anilines is 1. The number of ether oxygens (including phenoxy) is 1. The van der Waals surface area contributed by atoms with Gasteiger partial charge in [-0.15, -0.1) is 0 Å². The number of H-pyrrole nitrogens is 1. The minimum Gasteiger partial charge on any atom is -0.494 e. The summed E-state index contributed by atoms with van der Waals surface area (Å²) in [5.41, 5.74) is 9.36. The Labute approximate surface area is 119 Å². The van der Waals surface area contributed by atoms with Crippen LogP contribution in [0.15, 0.2) is 24.3 Å². The Balaban J connectivity index is 1.86. The lowest BCUT2D eigenvalue weighted by atomic mass is 9.81. The van der Waals surface area contributed by atoms with E-state index in [4.69, 9.17) is 10.5 Å². The lowest BCUT2D eigenvalue weighted by Crippen LogP contribution is -2.14. The number of aromatic nitrogens is 2. The number of nitrogens with two attached hydrogens (primary N) is 1. The van der Waals surface area contributed by atoms with Crippen LogP contribution >= 0.6 is 0 Å². The molecule has 0 amide bonds. The van der Waals surface area contributed by atoms with Gasteiger partial charge in [0.1, 0.15) is 5.75 Å². The number of hydrogen-bond donors (Lipinski definition) is 2. The van der Waals surface area contributed by atoms with Crippen molar-refractivity contribution in [1.82, 2.24) is 10.2 Å². The minimum absolute atomic E-state index is 0.587. The molecule has 0 unspecified atom stereocenters. The smallest absolute Gasteiger partial charge is 0.153 e. The molecule has 1 heterocycles. The zero-order valence-corrected chi connectivity index (χ0v) is 11.9. The first kappa shape index (κ1) is 13.0. The van der Waals surface area contributed by atoms with E-state index in [1.165, 1.54) is 19.3 Å². The monoisotopic (exact) mass is 271 g/mol. The second kappa shape index (κ2) is 5.57. The molecule has 0 aliphatic heterocycles. The van der Waals surface area contributed by atoms with Gasteiger partial charge in [-0.25, -0.2) is 0 Å². The molecule has 4 nitrogen and oxygen atoms in total. The predicted molar refractivity (Wildman–Crippen MR) is 80.7 cm³/mol. The third-order valence-corrected chi connectivity index (χ3v) is 4.04. The molecule has 2 aromatic rings. The number of nitrogen functional groups attached to an aromatic ring is 1. The lowest BCUT2D eigenvalue weighted by Gasteiger charge is -2.25. The third kappa shape index (κ3) is 2.50. The topological polar surface area (TPSA) is 63.9 Å². The maximum atomic E-state index is 6.03. The van der Waals surface area contributed by atoms with Crippen LogP contribution in [-0.4, -0.2) is 16.8 Å².